The number of nitrogens with zero attached hydrogens (tertiary/aromatic N) is 2. The number of anilines is 1. The number of hydrogen-bond donors (Lipinski definition) is 1. The Morgan fingerprint density at radius 2 is 2.25 bits per heavy atom. The lowest BCUT2D eigenvalue weighted by molar-refractivity contribution is 0.0586. The molecular formula is C15H21N3O2. The number of hydrogen-bond acceptors (Lipinski definition) is 5. The lowest BCUT2D eigenvalue weighted by Gasteiger charge is -2.22. The first-order valence-corrected chi connectivity index (χ1v) is 7.33. The fourth-order valence-electron chi connectivity index (χ4n) is 3.70. The topological polar surface area (TPSA) is 64.1 Å². The first-order valence-electron chi connectivity index (χ1n) is 7.33. The van der Waals surface area contributed by atoms with Crippen LogP contribution in [-0.4, -0.2) is 29.6 Å². The number of nitrogens with one attached hydrogen (secondary N) is 1. The number of fused-ring (bicyclic) bond motifs is 2. The van der Waals surface area contributed by atoms with Crippen molar-refractivity contribution in [3.63, 3.8) is 0 Å². The van der Waals surface area contributed by atoms with Crippen LogP contribution in [0.4, 0.5) is 5.82 Å². The summed E-state index contributed by atoms with van der Waals surface area (Å²) in [6, 6.07) is 1.87. The molecule has 1 aromatic heterocycles. The van der Waals surface area contributed by atoms with Gasteiger partial charge < -0.3 is 10.1 Å². The normalized spacial score (nSPS) is 27.6. The van der Waals surface area contributed by atoms with Crippen LogP contribution in [0.2, 0.25) is 0 Å². The minimum absolute atomic E-state index is 0.128. The predicted octanol–water partition coefficient (Wildman–Crippen LogP) is 2.42. The van der Waals surface area contributed by atoms with Crippen molar-refractivity contribution in [1.82, 2.24) is 9.97 Å². The van der Waals surface area contributed by atoms with Crippen LogP contribution in [0.25, 0.3) is 0 Å². The van der Waals surface area contributed by atoms with Gasteiger partial charge in [-0.05, 0) is 43.9 Å². The van der Waals surface area contributed by atoms with E-state index in [1.54, 1.807) is 0 Å². The number of esters is 1. The zero-order valence-corrected chi connectivity index (χ0v) is 12.1. The number of aryl methyl sites for hydroxylation is 1. The molecule has 0 radical (unpaired) electrons. The third-order valence-corrected chi connectivity index (χ3v) is 4.65. The molecule has 1 N–H and O–H groups in total. The third-order valence-electron chi connectivity index (χ3n) is 4.65. The van der Waals surface area contributed by atoms with Gasteiger partial charge in [-0.2, -0.15) is 0 Å². The van der Waals surface area contributed by atoms with E-state index >= 15 is 0 Å². The first kappa shape index (κ1) is 13.3. The summed E-state index contributed by atoms with van der Waals surface area (Å²) in [4.78, 5) is 19.8. The van der Waals surface area contributed by atoms with Gasteiger partial charge in [-0.1, -0.05) is 6.42 Å². The smallest absolute Gasteiger partial charge is 0.376 e. The van der Waals surface area contributed by atoms with Crippen LogP contribution in [0.5, 0.6) is 0 Å². The molecule has 1 aromatic rings. The molecule has 1 heterocycles. The second-order valence-electron chi connectivity index (χ2n) is 6.03. The summed E-state index contributed by atoms with van der Waals surface area (Å²) in [5, 5.41) is 3.37. The quantitative estimate of drug-likeness (QED) is 0.855. The predicted molar refractivity (Wildman–Crippen MR) is 75.5 cm³/mol. The molecule has 2 bridgehead atoms. The van der Waals surface area contributed by atoms with E-state index in [9.17, 15) is 4.79 Å². The van der Waals surface area contributed by atoms with E-state index in [4.69, 9.17) is 0 Å². The maximum absolute atomic E-state index is 11.5. The number of aromatic nitrogens is 2. The van der Waals surface area contributed by atoms with E-state index in [0.29, 0.717) is 0 Å². The van der Waals surface area contributed by atoms with Crippen LogP contribution in [0.1, 0.15) is 42.0 Å². The van der Waals surface area contributed by atoms with Gasteiger partial charge in [-0.25, -0.2) is 14.8 Å². The Bertz CT molecular complexity index is 518. The van der Waals surface area contributed by atoms with Gasteiger partial charge in [0, 0.05) is 18.3 Å². The monoisotopic (exact) mass is 275 g/mol. The molecule has 0 spiro atoms. The van der Waals surface area contributed by atoms with Crippen molar-refractivity contribution in [3.05, 3.63) is 17.6 Å². The maximum atomic E-state index is 11.5. The van der Waals surface area contributed by atoms with Crippen molar-refractivity contribution < 1.29 is 9.53 Å². The SMILES string of the molecule is COC(=O)c1nc(C)cc(NCC2CC3CCC2C3)n1. The van der Waals surface area contributed by atoms with Gasteiger partial charge in [-0.3, -0.25) is 0 Å². The highest BCUT2D eigenvalue weighted by molar-refractivity contribution is 5.85. The van der Waals surface area contributed by atoms with Crippen molar-refractivity contribution in [2.75, 3.05) is 19.0 Å². The largest absolute Gasteiger partial charge is 0.463 e. The summed E-state index contributed by atoms with van der Waals surface area (Å²) < 4.78 is 4.67. The highest BCUT2D eigenvalue weighted by Crippen LogP contribution is 2.48. The van der Waals surface area contributed by atoms with E-state index < -0.39 is 5.97 Å². The summed E-state index contributed by atoms with van der Waals surface area (Å²) in [5.41, 5.74) is 0.774. The van der Waals surface area contributed by atoms with E-state index in [2.05, 4.69) is 20.0 Å². The Kier molecular flexibility index (Phi) is 3.59. The molecular weight excluding hydrogens is 254 g/mol. The average Bonchev–Trinajstić information content (AvgIpc) is 3.06. The second-order valence-corrected chi connectivity index (χ2v) is 6.03. The van der Waals surface area contributed by atoms with Crippen LogP contribution in [0.3, 0.4) is 0 Å². The van der Waals surface area contributed by atoms with Crippen molar-refractivity contribution in [2.45, 2.75) is 32.6 Å². The minimum atomic E-state index is -0.489. The molecule has 3 atom stereocenters. The standard InChI is InChI=1S/C15H21N3O2/c1-9-5-13(18-14(17-9)15(19)20-2)16-8-12-7-10-3-4-11(12)6-10/h5,10-12H,3-4,6-8H2,1-2H3,(H,16,17,18). The zero-order valence-electron chi connectivity index (χ0n) is 12.1. The average molecular weight is 275 g/mol. The molecule has 3 unspecified atom stereocenters. The van der Waals surface area contributed by atoms with Crippen LogP contribution in [0.15, 0.2) is 6.07 Å². The highest BCUT2D eigenvalue weighted by atomic mass is 16.5. The molecule has 0 aliphatic heterocycles. The summed E-state index contributed by atoms with van der Waals surface area (Å²) in [6.07, 6.45) is 5.54. The number of ether oxygens (including phenoxy) is 1. The molecule has 0 saturated heterocycles. The molecule has 3 rings (SSSR count). The number of carbonyl (C=O) groups is 1. The van der Waals surface area contributed by atoms with Crippen molar-refractivity contribution in [1.29, 1.82) is 0 Å². The van der Waals surface area contributed by atoms with Gasteiger partial charge in [0.15, 0.2) is 0 Å². The Labute approximate surface area is 119 Å². The van der Waals surface area contributed by atoms with E-state index in [1.807, 2.05) is 13.0 Å². The lowest BCUT2D eigenvalue weighted by Crippen LogP contribution is -2.21. The van der Waals surface area contributed by atoms with E-state index in [-0.39, 0.29) is 5.82 Å². The Morgan fingerprint density at radius 1 is 1.40 bits per heavy atom. The number of carbonyl (C=O) groups excluding carboxylic acids is 1. The fraction of sp³-hybridized carbons (Fsp3) is 0.667. The number of rotatable bonds is 4. The van der Waals surface area contributed by atoms with E-state index in [0.717, 1.165) is 35.8 Å². The Hall–Kier alpha value is -1.65. The van der Waals surface area contributed by atoms with Gasteiger partial charge in [0.25, 0.3) is 0 Å². The molecule has 5 heteroatoms. The lowest BCUT2D eigenvalue weighted by atomic mass is 9.89. The molecule has 20 heavy (non-hydrogen) atoms. The summed E-state index contributed by atoms with van der Waals surface area (Å²) in [6.45, 7) is 2.80. The zero-order chi connectivity index (χ0) is 14.1. The summed E-state index contributed by atoms with van der Waals surface area (Å²) >= 11 is 0. The van der Waals surface area contributed by atoms with E-state index in [1.165, 1.54) is 32.8 Å². The fourth-order valence-corrected chi connectivity index (χ4v) is 3.70. The molecule has 2 aliphatic rings. The Balaban J connectivity index is 1.65. The first-order chi connectivity index (χ1) is 9.65. The highest BCUT2D eigenvalue weighted by Gasteiger charge is 2.39. The van der Waals surface area contributed by atoms with Crippen LogP contribution in [0, 0.1) is 24.7 Å². The third kappa shape index (κ3) is 2.62. The maximum Gasteiger partial charge on any atom is 0.376 e. The summed E-state index contributed by atoms with van der Waals surface area (Å²) in [5.74, 6) is 2.95. The van der Waals surface area contributed by atoms with Crippen molar-refractivity contribution in [3.8, 4) is 0 Å². The van der Waals surface area contributed by atoms with Crippen molar-refractivity contribution in [2.24, 2.45) is 17.8 Å². The molecule has 108 valence electrons. The molecule has 0 aromatic carbocycles. The molecule has 2 saturated carbocycles. The van der Waals surface area contributed by atoms with Gasteiger partial charge in [0.2, 0.25) is 5.82 Å². The van der Waals surface area contributed by atoms with Crippen LogP contribution in [-0.2, 0) is 4.74 Å². The van der Waals surface area contributed by atoms with Crippen LogP contribution < -0.4 is 5.32 Å². The van der Waals surface area contributed by atoms with Gasteiger partial charge >= 0.3 is 5.97 Å². The van der Waals surface area contributed by atoms with Gasteiger partial charge in [0.05, 0.1) is 7.11 Å². The molecule has 5 nitrogen and oxygen atoms in total. The number of methoxy groups -OCH3 is 1. The van der Waals surface area contributed by atoms with Gasteiger partial charge in [0.1, 0.15) is 5.82 Å². The molecule has 0 amide bonds. The molecule has 2 fully saturated rings. The summed E-state index contributed by atoms with van der Waals surface area (Å²) in [7, 11) is 1.34. The second kappa shape index (κ2) is 5.38. The van der Waals surface area contributed by atoms with Gasteiger partial charge in [-0.15, -0.1) is 0 Å². The van der Waals surface area contributed by atoms with Crippen LogP contribution >= 0.6 is 0 Å². The molecule has 2 aliphatic carbocycles. The Morgan fingerprint density at radius 3 is 2.90 bits per heavy atom. The van der Waals surface area contributed by atoms with Crippen molar-refractivity contribution >= 4 is 11.8 Å². The minimum Gasteiger partial charge on any atom is -0.463 e.